The maximum absolute atomic E-state index is 12.3. The van der Waals surface area contributed by atoms with Crippen molar-refractivity contribution in [2.45, 2.75) is 36.5 Å². The highest BCUT2D eigenvalue weighted by Gasteiger charge is 2.24. The summed E-state index contributed by atoms with van der Waals surface area (Å²) in [6.45, 7) is 3.90. The summed E-state index contributed by atoms with van der Waals surface area (Å²) in [5, 5.41) is 0. The van der Waals surface area contributed by atoms with Gasteiger partial charge < -0.3 is 0 Å². The van der Waals surface area contributed by atoms with Crippen LogP contribution >= 0.6 is 0 Å². The van der Waals surface area contributed by atoms with Gasteiger partial charge in [0.25, 0.3) is 20.0 Å². The summed E-state index contributed by atoms with van der Waals surface area (Å²) in [5.74, 6) is 0. The van der Waals surface area contributed by atoms with E-state index in [0.717, 1.165) is 24.0 Å². The Labute approximate surface area is 137 Å². The van der Waals surface area contributed by atoms with Crippen LogP contribution in [-0.2, 0) is 32.9 Å². The smallest absolute Gasteiger partial charge is 0.206 e. The number of hydrogen-bond donors (Lipinski definition) is 1. The molecule has 0 unspecified atom stereocenters. The van der Waals surface area contributed by atoms with Crippen LogP contribution in [0.1, 0.15) is 25.0 Å². The van der Waals surface area contributed by atoms with E-state index in [1.807, 2.05) is 13.8 Å². The molecule has 23 heavy (non-hydrogen) atoms. The summed E-state index contributed by atoms with van der Waals surface area (Å²) in [5.41, 5.74) is 1.95. The number of aryl methyl sites for hydroxylation is 2. The Kier molecular flexibility index (Phi) is 5.23. The molecule has 0 spiro atoms. The topological polar surface area (TPSA) is 80.3 Å². The minimum Gasteiger partial charge on any atom is -0.206 e. The van der Waals surface area contributed by atoms with Crippen LogP contribution in [0.2, 0.25) is 0 Å². The molecule has 0 aliphatic rings. The Hall–Kier alpha value is -1.70. The third-order valence-corrected chi connectivity index (χ3v) is 7.04. The number of nitrogens with one attached hydrogen (secondary N) is 1. The van der Waals surface area contributed by atoms with Gasteiger partial charge in [0.05, 0.1) is 9.79 Å². The number of hydrogen-bond acceptors (Lipinski definition) is 4. The second-order valence-electron chi connectivity index (χ2n) is 5.09. The van der Waals surface area contributed by atoms with Crippen LogP contribution in [0.4, 0.5) is 0 Å². The third-order valence-electron chi connectivity index (χ3n) is 3.50. The molecule has 0 radical (unpaired) electrons. The highest BCUT2D eigenvalue weighted by Crippen LogP contribution is 2.16. The number of sulfonamides is 2. The van der Waals surface area contributed by atoms with Crippen LogP contribution in [0, 0.1) is 0 Å². The lowest BCUT2D eigenvalue weighted by molar-refractivity contribution is 0.577. The average Bonchev–Trinajstić information content (AvgIpc) is 2.54. The fourth-order valence-electron chi connectivity index (χ4n) is 2.05. The molecule has 0 aromatic heterocycles. The molecule has 0 heterocycles. The quantitative estimate of drug-likeness (QED) is 0.865. The molecule has 7 heteroatoms. The fourth-order valence-corrected chi connectivity index (χ4v) is 4.96. The highest BCUT2D eigenvalue weighted by atomic mass is 32.3. The predicted octanol–water partition coefficient (Wildman–Crippen LogP) is 2.48. The van der Waals surface area contributed by atoms with Crippen LogP contribution in [0.15, 0.2) is 58.3 Å². The van der Waals surface area contributed by atoms with Gasteiger partial charge in [-0.15, -0.1) is 4.13 Å². The lowest BCUT2D eigenvalue weighted by atomic mass is 10.2. The van der Waals surface area contributed by atoms with E-state index in [1.54, 1.807) is 28.4 Å². The van der Waals surface area contributed by atoms with Crippen molar-refractivity contribution in [3.63, 3.8) is 0 Å². The van der Waals surface area contributed by atoms with Crippen molar-refractivity contribution in [1.29, 1.82) is 0 Å². The first-order valence-corrected chi connectivity index (χ1v) is 10.2. The molecule has 0 atom stereocenters. The van der Waals surface area contributed by atoms with Gasteiger partial charge in [-0.05, 0) is 48.2 Å². The molecular formula is C16H19NO4S2. The van der Waals surface area contributed by atoms with E-state index in [1.165, 1.54) is 24.3 Å². The maximum Gasteiger partial charge on any atom is 0.253 e. The summed E-state index contributed by atoms with van der Waals surface area (Å²) in [7, 11) is -8.29. The SMILES string of the molecule is CCc1ccc(S(=O)(=O)NS(=O)(=O)c2ccc(CC)cc2)cc1. The monoisotopic (exact) mass is 353 g/mol. The van der Waals surface area contributed by atoms with Crippen molar-refractivity contribution in [2.24, 2.45) is 0 Å². The molecule has 0 aliphatic carbocycles. The van der Waals surface area contributed by atoms with Gasteiger partial charge in [0.2, 0.25) is 0 Å². The van der Waals surface area contributed by atoms with Gasteiger partial charge in [0, 0.05) is 0 Å². The molecule has 0 fully saturated rings. The van der Waals surface area contributed by atoms with Gasteiger partial charge in [-0.1, -0.05) is 38.1 Å². The molecule has 0 bridgehead atoms. The molecular weight excluding hydrogens is 334 g/mol. The lowest BCUT2D eigenvalue weighted by Crippen LogP contribution is -2.30. The van der Waals surface area contributed by atoms with Crippen LogP contribution < -0.4 is 4.13 Å². The Morgan fingerprint density at radius 2 is 0.957 bits per heavy atom. The summed E-state index contributed by atoms with van der Waals surface area (Å²) < 4.78 is 50.8. The molecule has 124 valence electrons. The molecule has 2 rings (SSSR count). The van der Waals surface area contributed by atoms with Crippen LogP contribution in [0.3, 0.4) is 0 Å². The van der Waals surface area contributed by atoms with Gasteiger partial charge >= 0.3 is 0 Å². The molecule has 5 nitrogen and oxygen atoms in total. The molecule has 0 saturated heterocycles. The Morgan fingerprint density at radius 1 is 0.652 bits per heavy atom. The van der Waals surface area contributed by atoms with Crippen molar-refractivity contribution in [2.75, 3.05) is 0 Å². The molecule has 0 amide bonds. The summed E-state index contributed by atoms with van der Waals surface area (Å²) in [4.78, 5) is -0.160. The minimum absolute atomic E-state index is 0.0801. The van der Waals surface area contributed by atoms with E-state index in [9.17, 15) is 16.8 Å². The first-order chi connectivity index (χ1) is 10.8. The molecule has 1 N–H and O–H groups in total. The van der Waals surface area contributed by atoms with Gasteiger partial charge in [0.15, 0.2) is 0 Å². The molecule has 0 saturated carbocycles. The Balaban J connectivity index is 2.29. The lowest BCUT2D eigenvalue weighted by Gasteiger charge is -2.09. The average molecular weight is 353 g/mol. The zero-order valence-corrected chi connectivity index (χ0v) is 14.6. The Morgan fingerprint density at radius 3 is 1.22 bits per heavy atom. The van der Waals surface area contributed by atoms with Crippen molar-refractivity contribution < 1.29 is 16.8 Å². The molecule has 2 aromatic carbocycles. The van der Waals surface area contributed by atoms with E-state index in [-0.39, 0.29) is 9.79 Å². The first kappa shape index (κ1) is 17.7. The highest BCUT2D eigenvalue weighted by molar-refractivity contribution is 8.04. The van der Waals surface area contributed by atoms with Crippen LogP contribution in [0.5, 0.6) is 0 Å². The summed E-state index contributed by atoms with van der Waals surface area (Å²) in [6.07, 6.45) is 1.55. The third kappa shape index (κ3) is 4.19. The van der Waals surface area contributed by atoms with E-state index < -0.39 is 20.0 Å². The predicted molar refractivity (Wildman–Crippen MR) is 89.1 cm³/mol. The second kappa shape index (κ2) is 6.82. The normalized spacial score (nSPS) is 12.3. The minimum atomic E-state index is -4.14. The van der Waals surface area contributed by atoms with E-state index in [2.05, 4.69) is 0 Å². The largest absolute Gasteiger partial charge is 0.253 e. The summed E-state index contributed by atoms with van der Waals surface area (Å²) in [6, 6.07) is 12.3. The van der Waals surface area contributed by atoms with Gasteiger partial charge in [-0.25, -0.2) is 16.8 Å². The second-order valence-corrected chi connectivity index (χ2v) is 8.71. The van der Waals surface area contributed by atoms with Crippen molar-refractivity contribution in [3.8, 4) is 0 Å². The van der Waals surface area contributed by atoms with E-state index >= 15 is 0 Å². The van der Waals surface area contributed by atoms with E-state index in [0.29, 0.717) is 0 Å². The first-order valence-electron chi connectivity index (χ1n) is 7.25. The van der Waals surface area contributed by atoms with Crippen molar-refractivity contribution in [1.82, 2.24) is 4.13 Å². The maximum atomic E-state index is 12.3. The summed E-state index contributed by atoms with van der Waals surface area (Å²) >= 11 is 0. The zero-order chi connectivity index (χ0) is 17.1. The standard InChI is InChI=1S/C16H19NO4S2/c1-3-13-5-9-15(10-6-13)22(18,19)17-23(20,21)16-11-7-14(4-2)8-12-16/h5-12,17H,3-4H2,1-2H3. The van der Waals surface area contributed by atoms with Crippen LogP contribution in [-0.4, -0.2) is 16.8 Å². The van der Waals surface area contributed by atoms with Crippen molar-refractivity contribution in [3.05, 3.63) is 59.7 Å². The molecule has 0 aliphatic heterocycles. The van der Waals surface area contributed by atoms with Gasteiger partial charge in [0.1, 0.15) is 0 Å². The fraction of sp³-hybridized carbons (Fsp3) is 0.250. The van der Waals surface area contributed by atoms with Gasteiger partial charge in [-0.2, -0.15) is 0 Å². The number of rotatable bonds is 6. The molecule has 2 aromatic rings. The number of benzene rings is 2. The zero-order valence-electron chi connectivity index (χ0n) is 13.0. The van der Waals surface area contributed by atoms with Crippen molar-refractivity contribution >= 4 is 20.0 Å². The van der Waals surface area contributed by atoms with Gasteiger partial charge in [-0.3, -0.25) is 0 Å². The van der Waals surface area contributed by atoms with Crippen LogP contribution in [0.25, 0.3) is 0 Å². The van der Waals surface area contributed by atoms with E-state index in [4.69, 9.17) is 0 Å². The Bertz CT molecular complexity index is 793.